The molecule has 1 aromatic heterocycles. The van der Waals surface area contributed by atoms with Crippen molar-refractivity contribution < 1.29 is 9.53 Å². The number of carbonyl (C=O) groups is 1. The van der Waals surface area contributed by atoms with E-state index in [9.17, 15) is 4.79 Å². The average Bonchev–Trinajstić information content (AvgIpc) is 2.29. The molecule has 0 radical (unpaired) electrons. The van der Waals surface area contributed by atoms with Gasteiger partial charge in [-0.25, -0.2) is 9.97 Å². The number of nitrogens with one attached hydrogen (secondary N) is 1. The Hall–Kier alpha value is -1.17. The highest BCUT2D eigenvalue weighted by atomic mass is 79.9. The monoisotopic (exact) mass is 315 g/mol. The van der Waals surface area contributed by atoms with Gasteiger partial charge in [0, 0.05) is 19.0 Å². The third-order valence-electron chi connectivity index (χ3n) is 2.16. The SMILES string of the molecule is CCCc1nc(Br)cc(NCCC(=O)OCC)n1. The lowest BCUT2D eigenvalue weighted by Gasteiger charge is -2.07. The van der Waals surface area contributed by atoms with Crippen molar-refractivity contribution in [3.63, 3.8) is 0 Å². The van der Waals surface area contributed by atoms with Gasteiger partial charge in [-0.3, -0.25) is 4.79 Å². The van der Waals surface area contributed by atoms with Crippen molar-refractivity contribution in [2.75, 3.05) is 18.5 Å². The third-order valence-corrected chi connectivity index (χ3v) is 2.56. The minimum absolute atomic E-state index is 0.202. The predicted molar refractivity (Wildman–Crippen MR) is 73.5 cm³/mol. The molecule has 0 unspecified atom stereocenters. The second kappa shape index (κ2) is 8.02. The molecule has 0 saturated carbocycles. The van der Waals surface area contributed by atoms with Gasteiger partial charge in [-0.15, -0.1) is 0 Å². The van der Waals surface area contributed by atoms with Crippen molar-refractivity contribution in [3.8, 4) is 0 Å². The smallest absolute Gasteiger partial charge is 0.307 e. The van der Waals surface area contributed by atoms with Crippen molar-refractivity contribution in [1.29, 1.82) is 0 Å². The number of hydrogen-bond acceptors (Lipinski definition) is 5. The zero-order valence-electron chi connectivity index (χ0n) is 10.7. The van der Waals surface area contributed by atoms with Crippen LogP contribution in [-0.4, -0.2) is 29.1 Å². The van der Waals surface area contributed by atoms with E-state index in [0.29, 0.717) is 19.6 Å². The molecule has 18 heavy (non-hydrogen) atoms. The number of aryl methyl sites for hydroxylation is 1. The van der Waals surface area contributed by atoms with Crippen molar-refractivity contribution in [3.05, 3.63) is 16.5 Å². The molecule has 0 atom stereocenters. The van der Waals surface area contributed by atoms with Crippen LogP contribution in [0, 0.1) is 0 Å². The van der Waals surface area contributed by atoms with E-state index in [-0.39, 0.29) is 5.97 Å². The lowest BCUT2D eigenvalue weighted by atomic mass is 10.3. The van der Waals surface area contributed by atoms with Crippen LogP contribution in [0.15, 0.2) is 10.7 Å². The summed E-state index contributed by atoms with van der Waals surface area (Å²) in [6.07, 6.45) is 2.17. The standard InChI is InChI=1S/C12H18BrN3O2/c1-3-5-10-15-9(13)8-11(16-10)14-7-6-12(17)18-4-2/h8H,3-7H2,1-2H3,(H,14,15,16). The van der Waals surface area contributed by atoms with Crippen LogP contribution in [0.4, 0.5) is 5.82 Å². The molecular weight excluding hydrogens is 298 g/mol. The van der Waals surface area contributed by atoms with Crippen molar-refractivity contribution in [2.45, 2.75) is 33.1 Å². The van der Waals surface area contributed by atoms with Gasteiger partial charge in [0.25, 0.3) is 0 Å². The van der Waals surface area contributed by atoms with Crippen LogP contribution in [0.25, 0.3) is 0 Å². The number of esters is 1. The maximum Gasteiger partial charge on any atom is 0.307 e. The van der Waals surface area contributed by atoms with Crippen LogP contribution >= 0.6 is 15.9 Å². The van der Waals surface area contributed by atoms with E-state index in [0.717, 1.165) is 29.1 Å². The summed E-state index contributed by atoms with van der Waals surface area (Å²) in [4.78, 5) is 19.8. The van der Waals surface area contributed by atoms with Crippen molar-refractivity contribution in [2.24, 2.45) is 0 Å². The minimum Gasteiger partial charge on any atom is -0.466 e. The Balaban J connectivity index is 2.48. The second-order valence-corrected chi connectivity index (χ2v) is 4.54. The third kappa shape index (κ3) is 5.44. The Bertz CT molecular complexity index is 399. The summed E-state index contributed by atoms with van der Waals surface area (Å²) in [6, 6.07) is 1.80. The van der Waals surface area contributed by atoms with Gasteiger partial charge in [-0.1, -0.05) is 6.92 Å². The summed E-state index contributed by atoms with van der Waals surface area (Å²) >= 11 is 3.35. The van der Waals surface area contributed by atoms with Crippen LogP contribution < -0.4 is 5.32 Å². The Kier molecular flexibility index (Phi) is 6.64. The molecule has 0 spiro atoms. The lowest BCUT2D eigenvalue weighted by molar-refractivity contribution is -0.142. The first kappa shape index (κ1) is 14.9. The quantitative estimate of drug-likeness (QED) is 0.619. The average molecular weight is 316 g/mol. The topological polar surface area (TPSA) is 64.1 Å². The molecule has 6 heteroatoms. The molecule has 0 aliphatic carbocycles. The zero-order valence-corrected chi connectivity index (χ0v) is 12.3. The number of nitrogens with zero attached hydrogens (tertiary/aromatic N) is 2. The van der Waals surface area contributed by atoms with E-state index in [4.69, 9.17) is 4.74 Å². The molecule has 100 valence electrons. The van der Waals surface area contributed by atoms with E-state index in [1.54, 1.807) is 13.0 Å². The first-order chi connectivity index (χ1) is 8.65. The molecular formula is C12H18BrN3O2. The maximum atomic E-state index is 11.2. The van der Waals surface area contributed by atoms with E-state index in [1.165, 1.54) is 0 Å². The van der Waals surface area contributed by atoms with Crippen LogP contribution in [0.2, 0.25) is 0 Å². The highest BCUT2D eigenvalue weighted by Gasteiger charge is 2.04. The van der Waals surface area contributed by atoms with Gasteiger partial charge in [0.05, 0.1) is 13.0 Å². The van der Waals surface area contributed by atoms with Crippen molar-refractivity contribution in [1.82, 2.24) is 9.97 Å². The van der Waals surface area contributed by atoms with Gasteiger partial charge in [0.1, 0.15) is 16.2 Å². The van der Waals surface area contributed by atoms with Crippen LogP contribution in [0.5, 0.6) is 0 Å². The Labute approximate surface area is 115 Å². The number of hydrogen-bond donors (Lipinski definition) is 1. The number of carbonyl (C=O) groups excluding carboxylic acids is 1. The normalized spacial score (nSPS) is 10.2. The van der Waals surface area contributed by atoms with Gasteiger partial charge in [-0.2, -0.15) is 0 Å². The van der Waals surface area contributed by atoms with E-state index < -0.39 is 0 Å². The Morgan fingerprint density at radius 1 is 1.44 bits per heavy atom. The van der Waals surface area contributed by atoms with Gasteiger partial charge >= 0.3 is 5.97 Å². The Morgan fingerprint density at radius 2 is 2.22 bits per heavy atom. The van der Waals surface area contributed by atoms with Gasteiger partial charge in [0.15, 0.2) is 0 Å². The molecule has 0 fully saturated rings. The fraction of sp³-hybridized carbons (Fsp3) is 0.583. The summed E-state index contributed by atoms with van der Waals surface area (Å²) in [5, 5.41) is 3.09. The first-order valence-corrected chi connectivity index (χ1v) is 6.88. The summed E-state index contributed by atoms with van der Waals surface area (Å²) in [5.74, 6) is 1.32. The molecule has 1 heterocycles. The van der Waals surface area contributed by atoms with Crippen molar-refractivity contribution >= 4 is 27.7 Å². The van der Waals surface area contributed by atoms with Crippen LogP contribution in [0.3, 0.4) is 0 Å². The highest BCUT2D eigenvalue weighted by Crippen LogP contribution is 2.13. The number of ether oxygens (including phenoxy) is 1. The molecule has 0 aliphatic rings. The summed E-state index contributed by atoms with van der Waals surface area (Å²) in [5.41, 5.74) is 0. The summed E-state index contributed by atoms with van der Waals surface area (Å²) < 4.78 is 5.59. The molecule has 1 rings (SSSR count). The fourth-order valence-electron chi connectivity index (χ4n) is 1.42. The number of aromatic nitrogens is 2. The molecule has 1 N–H and O–H groups in total. The largest absolute Gasteiger partial charge is 0.466 e. The maximum absolute atomic E-state index is 11.2. The minimum atomic E-state index is -0.202. The summed E-state index contributed by atoms with van der Waals surface area (Å²) in [6.45, 7) is 4.80. The zero-order chi connectivity index (χ0) is 13.4. The number of rotatable bonds is 7. The van der Waals surface area contributed by atoms with E-state index >= 15 is 0 Å². The Morgan fingerprint density at radius 3 is 2.89 bits per heavy atom. The second-order valence-electron chi connectivity index (χ2n) is 3.72. The molecule has 5 nitrogen and oxygen atoms in total. The molecule has 0 amide bonds. The molecule has 0 saturated heterocycles. The predicted octanol–water partition coefficient (Wildman–Crippen LogP) is 2.56. The van der Waals surface area contributed by atoms with E-state index in [2.05, 4.69) is 38.1 Å². The molecule has 1 aromatic rings. The van der Waals surface area contributed by atoms with Crippen LogP contribution in [-0.2, 0) is 16.0 Å². The number of halogens is 1. The fourth-order valence-corrected chi connectivity index (χ4v) is 1.84. The molecule has 0 bridgehead atoms. The first-order valence-electron chi connectivity index (χ1n) is 6.08. The van der Waals surface area contributed by atoms with Gasteiger partial charge < -0.3 is 10.1 Å². The number of anilines is 1. The van der Waals surface area contributed by atoms with E-state index in [1.807, 2.05) is 0 Å². The van der Waals surface area contributed by atoms with Gasteiger partial charge in [-0.05, 0) is 29.3 Å². The summed E-state index contributed by atoms with van der Waals surface area (Å²) in [7, 11) is 0. The van der Waals surface area contributed by atoms with Gasteiger partial charge in [0.2, 0.25) is 0 Å². The van der Waals surface area contributed by atoms with Crippen LogP contribution in [0.1, 0.15) is 32.5 Å². The molecule has 0 aromatic carbocycles. The lowest BCUT2D eigenvalue weighted by Crippen LogP contribution is -2.12. The highest BCUT2D eigenvalue weighted by molar-refractivity contribution is 9.10. The molecule has 0 aliphatic heterocycles.